The lowest BCUT2D eigenvalue weighted by Gasteiger charge is -2.06. The molecule has 0 saturated carbocycles. The second-order valence-corrected chi connectivity index (χ2v) is 4.41. The molecule has 0 fully saturated rings. The van der Waals surface area contributed by atoms with Crippen LogP contribution in [0.3, 0.4) is 0 Å². The number of amides is 1. The molecule has 0 atom stereocenters. The summed E-state index contributed by atoms with van der Waals surface area (Å²) < 4.78 is 5.06. The van der Waals surface area contributed by atoms with Crippen molar-refractivity contribution in [3.05, 3.63) is 65.2 Å². The van der Waals surface area contributed by atoms with E-state index < -0.39 is 5.97 Å². The highest BCUT2D eigenvalue weighted by atomic mass is 16.5. The van der Waals surface area contributed by atoms with E-state index in [0.29, 0.717) is 12.1 Å². The van der Waals surface area contributed by atoms with Gasteiger partial charge in [0, 0.05) is 12.1 Å². The Morgan fingerprint density at radius 2 is 1.57 bits per heavy atom. The molecule has 0 unspecified atom stereocenters. The molecule has 0 aliphatic carbocycles. The Kier molecular flexibility index (Phi) is 4.56. The van der Waals surface area contributed by atoms with E-state index in [1.54, 1.807) is 7.11 Å². The van der Waals surface area contributed by atoms with Crippen molar-refractivity contribution in [1.29, 1.82) is 0 Å². The third-order valence-corrected chi connectivity index (χ3v) is 3.01. The zero-order valence-corrected chi connectivity index (χ0v) is 11.5. The average molecular weight is 285 g/mol. The van der Waals surface area contributed by atoms with Gasteiger partial charge in [-0.1, -0.05) is 12.1 Å². The maximum Gasteiger partial charge on any atom is 0.335 e. The number of nitrogens with one attached hydrogen (secondary N) is 1. The van der Waals surface area contributed by atoms with Crippen LogP contribution < -0.4 is 10.1 Å². The van der Waals surface area contributed by atoms with E-state index in [4.69, 9.17) is 9.84 Å². The van der Waals surface area contributed by atoms with Gasteiger partial charge in [0.2, 0.25) is 0 Å². The van der Waals surface area contributed by atoms with Crippen molar-refractivity contribution in [2.24, 2.45) is 0 Å². The van der Waals surface area contributed by atoms with E-state index in [9.17, 15) is 9.59 Å². The number of carboxylic acid groups (broad SMARTS) is 1. The topological polar surface area (TPSA) is 75.6 Å². The van der Waals surface area contributed by atoms with Gasteiger partial charge in [-0.25, -0.2) is 4.79 Å². The Hall–Kier alpha value is -2.82. The van der Waals surface area contributed by atoms with Gasteiger partial charge in [0.05, 0.1) is 12.7 Å². The van der Waals surface area contributed by atoms with Crippen LogP contribution in [0.5, 0.6) is 5.75 Å². The first-order valence-electron chi connectivity index (χ1n) is 6.34. The normalized spacial score (nSPS) is 9.95. The number of hydrogen-bond donors (Lipinski definition) is 2. The number of carbonyl (C=O) groups excluding carboxylic acids is 1. The van der Waals surface area contributed by atoms with Crippen molar-refractivity contribution in [3.63, 3.8) is 0 Å². The van der Waals surface area contributed by atoms with E-state index in [-0.39, 0.29) is 11.5 Å². The van der Waals surface area contributed by atoms with Gasteiger partial charge in [-0.3, -0.25) is 4.79 Å². The predicted molar refractivity (Wildman–Crippen MR) is 77.6 cm³/mol. The summed E-state index contributed by atoms with van der Waals surface area (Å²) in [5.41, 5.74) is 1.53. The highest BCUT2D eigenvalue weighted by Crippen LogP contribution is 2.11. The minimum absolute atomic E-state index is 0.154. The summed E-state index contributed by atoms with van der Waals surface area (Å²) in [4.78, 5) is 22.7. The highest BCUT2D eigenvalue weighted by molar-refractivity contribution is 5.95. The Bertz CT molecular complexity index is 632. The molecule has 2 aromatic carbocycles. The molecule has 0 heterocycles. The first-order chi connectivity index (χ1) is 10.1. The SMILES string of the molecule is COc1ccc(CNC(=O)c2ccc(C(=O)O)cc2)cc1. The standard InChI is InChI=1S/C16H15NO4/c1-21-14-8-2-11(3-9-14)10-17-15(18)12-4-6-13(7-5-12)16(19)20/h2-9H,10H2,1H3,(H,17,18)(H,19,20). The summed E-state index contributed by atoms with van der Waals surface area (Å²) in [6, 6.07) is 13.2. The smallest absolute Gasteiger partial charge is 0.335 e. The zero-order valence-electron chi connectivity index (χ0n) is 11.5. The molecule has 2 aromatic rings. The molecule has 0 aliphatic heterocycles. The van der Waals surface area contributed by atoms with Gasteiger partial charge < -0.3 is 15.2 Å². The molecule has 1 amide bonds. The van der Waals surface area contributed by atoms with E-state index in [2.05, 4.69) is 5.32 Å². The van der Waals surface area contributed by atoms with Crippen LogP contribution in [-0.4, -0.2) is 24.1 Å². The largest absolute Gasteiger partial charge is 0.497 e. The van der Waals surface area contributed by atoms with Crippen LogP contribution in [-0.2, 0) is 6.54 Å². The third kappa shape index (κ3) is 3.82. The summed E-state index contributed by atoms with van der Waals surface area (Å²) in [5.74, 6) is -0.503. The first-order valence-corrected chi connectivity index (χ1v) is 6.34. The van der Waals surface area contributed by atoms with Gasteiger partial charge >= 0.3 is 5.97 Å². The monoisotopic (exact) mass is 285 g/mol. The molecule has 21 heavy (non-hydrogen) atoms. The van der Waals surface area contributed by atoms with Gasteiger partial charge in [0.15, 0.2) is 0 Å². The number of methoxy groups -OCH3 is 1. The molecule has 5 heteroatoms. The molecule has 0 aliphatic rings. The maximum absolute atomic E-state index is 11.9. The van der Waals surface area contributed by atoms with Crippen molar-refractivity contribution in [2.75, 3.05) is 7.11 Å². The second kappa shape index (κ2) is 6.56. The summed E-state index contributed by atoms with van der Waals surface area (Å²) in [5, 5.41) is 11.6. The van der Waals surface area contributed by atoms with Crippen LogP contribution in [0.15, 0.2) is 48.5 Å². The number of carbonyl (C=O) groups is 2. The van der Waals surface area contributed by atoms with E-state index in [1.807, 2.05) is 24.3 Å². The lowest BCUT2D eigenvalue weighted by molar-refractivity contribution is 0.0696. The van der Waals surface area contributed by atoms with Crippen molar-refractivity contribution < 1.29 is 19.4 Å². The van der Waals surface area contributed by atoms with E-state index in [0.717, 1.165) is 11.3 Å². The number of hydrogen-bond acceptors (Lipinski definition) is 3. The van der Waals surface area contributed by atoms with Crippen LogP contribution in [0.2, 0.25) is 0 Å². The minimum Gasteiger partial charge on any atom is -0.497 e. The Labute approximate surface area is 122 Å². The molecular formula is C16H15NO4. The summed E-state index contributed by atoms with van der Waals surface area (Å²) in [6.07, 6.45) is 0. The number of aromatic carboxylic acids is 1. The van der Waals surface area contributed by atoms with Crippen molar-refractivity contribution in [3.8, 4) is 5.75 Å². The van der Waals surface area contributed by atoms with Crippen LogP contribution in [0.25, 0.3) is 0 Å². The van der Waals surface area contributed by atoms with E-state index >= 15 is 0 Å². The molecule has 0 radical (unpaired) electrons. The lowest BCUT2D eigenvalue weighted by atomic mass is 10.1. The third-order valence-electron chi connectivity index (χ3n) is 3.01. The number of ether oxygens (including phenoxy) is 1. The summed E-state index contributed by atoms with van der Waals surface area (Å²) >= 11 is 0. The Morgan fingerprint density at radius 3 is 2.10 bits per heavy atom. The molecule has 108 valence electrons. The molecule has 0 aromatic heterocycles. The minimum atomic E-state index is -1.01. The first kappa shape index (κ1) is 14.6. The molecule has 0 bridgehead atoms. The lowest BCUT2D eigenvalue weighted by Crippen LogP contribution is -2.22. The molecule has 2 rings (SSSR count). The quantitative estimate of drug-likeness (QED) is 0.884. The number of benzene rings is 2. The highest BCUT2D eigenvalue weighted by Gasteiger charge is 2.07. The van der Waals surface area contributed by atoms with Crippen LogP contribution in [0, 0.1) is 0 Å². The van der Waals surface area contributed by atoms with Gasteiger partial charge in [-0.05, 0) is 42.0 Å². The predicted octanol–water partition coefficient (Wildman–Crippen LogP) is 2.32. The Morgan fingerprint density at radius 1 is 1.00 bits per heavy atom. The zero-order chi connectivity index (χ0) is 15.2. The van der Waals surface area contributed by atoms with E-state index in [1.165, 1.54) is 24.3 Å². The number of carboxylic acids is 1. The van der Waals surface area contributed by atoms with Crippen LogP contribution in [0.1, 0.15) is 26.3 Å². The van der Waals surface area contributed by atoms with Crippen molar-refractivity contribution >= 4 is 11.9 Å². The molecule has 5 nitrogen and oxygen atoms in total. The van der Waals surface area contributed by atoms with Gasteiger partial charge in [-0.2, -0.15) is 0 Å². The maximum atomic E-state index is 11.9. The summed E-state index contributed by atoms with van der Waals surface area (Å²) in [6.45, 7) is 0.392. The van der Waals surface area contributed by atoms with Crippen molar-refractivity contribution in [1.82, 2.24) is 5.32 Å². The van der Waals surface area contributed by atoms with Gasteiger partial charge in [0.1, 0.15) is 5.75 Å². The van der Waals surface area contributed by atoms with Gasteiger partial charge in [0.25, 0.3) is 5.91 Å². The number of rotatable bonds is 5. The fourth-order valence-corrected chi connectivity index (χ4v) is 1.79. The molecule has 0 spiro atoms. The van der Waals surface area contributed by atoms with Gasteiger partial charge in [-0.15, -0.1) is 0 Å². The fourth-order valence-electron chi connectivity index (χ4n) is 1.79. The average Bonchev–Trinajstić information content (AvgIpc) is 2.53. The Balaban J connectivity index is 1.95. The molecular weight excluding hydrogens is 270 g/mol. The van der Waals surface area contributed by atoms with Crippen LogP contribution in [0.4, 0.5) is 0 Å². The second-order valence-electron chi connectivity index (χ2n) is 4.41. The van der Waals surface area contributed by atoms with Crippen molar-refractivity contribution in [2.45, 2.75) is 6.54 Å². The molecule has 0 saturated heterocycles. The summed E-state index contributed by atoms with van der Waals surface area (Å²) in [7, 11) is 1.59. The fraction of sp³-hybridized carbons (Fsp3) is 0.125. The molecule has 2 N–H and O–H groups in total. The van der Waals surface area contributed by atoms with Crippen LogP contribution >= 0.6 is 0 Å².